The lowest BCUT2D eigenvalue weighted by molar-refractivity contribution is 0.834. The molecule has 0 aliphatic heterocycles. The summed E-state index contributed by atoms with van der Waals surface area (Å²) in [6.07, 6.45) is 0. The number of nitrogens with zero attached hydrogens (tertiary/aromatic N) is 5. The second-order valence-electron chi connectivity index (χ2n) is 4.60. The molecule has 0 spiro atoms. The highest BCUT2D eigenvalue weighted by atomic mass is 15.3. The number of allylic oxidation sites excluding steroid dienone is 2. The van der Waals surface area contributed by atoms with Crippen molar-refractivity contribution in [3.05, 3.63) is 53.0 Å². The van der Waals surface area contributed by atoms with Crippen LogP contribution in [0.25, 0.3) is 5.69 Å². The van der Waals surface area contributed by atoms with Crippen LogP contribution in [0.1, 0.15) is 11.4 Å². The van der Waals surface area contributed by atoms with E-state index >= 15 is 0 Å². The van der Waals surface area contributed by atoms with E-state index in [0.717, 1.165) is 17.1 Å². The van der Waals surface area contributed by atoms with Crippen LogP contribution in [0.2, 0.25) is 0 Å². The van der Waals surface area contributed by atoms with Crippen LogP contribution in [0.4, 0.5) is 5.69 Å². The highest BCUT2D eigenvalue weighted by molar-refractivity contribution is 5.59. The first-order valence-electron chi connectivity index (χ1n) is 6.44. The van der Waals surface area contributed by atoms with E-state index in [2.05, 4.69) is 10.4 Å². The van der Waals surface area contributed by atoms with Crippen molar-refractivity contribution in [1.29, 1.82) is 15.8 Å². The molecule has 22 heavy (non-hydrogen) atoms. The molecule has 2 aromatic rings. The van der Waals surface area contributed by atoms with Gasteiger partial charge in [-0.05, 0) is 44.2 Å². The molecule has 0 saturated carbocycles. The van der Waals surface area contributed by atoms with Crippen LogP contribution in [0.15, 0.2) is 41.6 Å². The Balaban J connectivity index is 2.29. The van der Waals surface area contributed by atoms with E-state index in [1.54, 1.807) is 24.3 Å². The van der Waals surface area contributed by atoms with Gasteiger partial charge in [0.15, 0.2) is 5.57 Å². The molecule has 6 heteroatoms. The van der Waals surface area contributed by atoms with Crippen molar-refractivity contribution in [2.24, 2.45) is 0 Å². The molecule has 2 rings (SSSR count). The van der Waals surface area contributed by atoms with E-state index in [4.69, 9.17) is 15.8 Å². The Hall–Kier alpha value is -3.56. The molecule has 0 atom stereocenters. The van der Waals surface area contributed by atoms with Crippen molar-refractivity contribution in [2.75, 3.05) is 5.32 Å². The van der Waals surface area contributed by atoms with Crippen molar-refractivity contribution < 1.29 is 0 Å². The Labute approximate surface area is 128 Å². The number of hydrogen-bond acceptors (Lipinski definition) is 5. The van der Waals surface area contributed by atoms with Crippen molar-refractivity contribution in [1.82, 2.24) is 9.78 Å². The van der Waals surface area contributed by atoms with Crippen molar-refractivity contribution in [3.63, 3.8) is 0 Å². The third kappa shape index (κ3) is 2.95. The number of hydrogen-bond donors (Lipinski definition) is 1. The van der Waals surface area contributed by atoms with Gasteiger partial charge >= 0.3 is 0 Å². The summed E-state index contributed by atoms with van der Waals surface area (Å²) in [6, 6.07) is 14.4. The van der Waals surface area contributed by atoms with E-state index in [9.17, 15) is 0 Å². The number of anilines is 1. The predicted octanol–water partition coefficient (Wildman–Crippen LogP) is 2.73. The first kappa shape index (κ1) is 14.8. The fourth-order valence-electron chi connectivity index (χ4n) is 2.00. The Bertz CT molecular complexity index is 834. The molecule has 0 unspecified atom stereocenters. The third-order valence-corrected chi connectivity index (χ3v) is 2.98. The minimum Gasteiger partial charge on any atom is -0.345 e. The first-order chi connectivity index (χ1) is 10.6. The molecule has 1 heterocycles. The van der Waals surface area contributed by atoms with Gasteiger partial charge in [0.25, 0.3) is 0 Å². The van der Waals surface area contributed by atoms with Gasteiger partial charge in [-0.1, -0.05) is 0 Å². The summed E-state index contributed by atoms with van der Waals surface area (Å²) in [6.45, 7) is 3.89. The molecule has 6 nitrogen and oxygen atoms in total. The minimum absolute atomic E-state index is 0.0659. The molecular weight excluding hydrogens is 276 g/mol. The van der Waals surface area contributed by atoms with Crippen LogP contribution in [0.3, 0.4) is 0 Å². The van der Waals surface area contributed by atoms with Crippen LogP contribution < -0.4 is 5.32 Å². The van der Waals surface area contributed by atoms with Gasteiger partial charge in [0.1, 0.15) is 23.9 Å². The van der Waals surface area contributed by atoms with Crippen LogP contribution in [0, 0.1) is 47.8 Å². The summed E-state index contributed by atoms with van der Waals surface area (Å²) in [5.41, 5.74) is 3.15. The smallest absolute Gasteiger partial charge is 0.163 e. The van der Waals surface area contributed by atoms with Gasteiger partial charge in [-0.15, -0.1) is 0 Å². The summed E-state index contributed by atoms with van der Waals surface area (Å²) in [5.74, 6) is 0. The Kier molecular flexibility index (Phi) is 4.22. The lowest BCUT2D eigenvalue weighted by Crippen LogP contribution is -2.02. The summed E-state index contributed by atoms with van der Waals surface area (Å²) < 4.78 is 1.82. The van der Waals surface area contributed by atoms with Gasteiger partial charge in [0.05, 0.1) is 11.4 Å². The van der Waals surface area contributed by atoms with E-state index < -0.39 is 0 Å². The molecule has 1 aromatic heterocycles. The average Bonchev–Trinajstić information content (AvgIpc) is 2.86. The highest BCUT2D eigenvalue weighted by Crippen LogP contribution is 2.17. The Morgan fingerprint density at radius 1 is 1.05 bits per heavy atom. The molecular formula is C16H12N6. The van der Waals surface area contributed by atoms with E-state index in [1.165, 1.54) is 0 Å². The van der Waals surface area contributed by atoms with Crippen molar-refractivity contribution in [3.8, 4) is 23.9 Å². The summed E-state index contributed by atoms with van der Waals surface area (Å²) in [7, 11) is 0. The summed E-state index contributed by atoms with van der Waals surface area (Å²) in [5, 5.41) is 33.8. The van der Waals surface area contributed by atoms with Gasteiger partial charge in [0, 0.05) is 11.4 Å². The monoisotopic (exact) mass is 288 g/mol. The maximum atomic E-state index is 9.01. The topological polar surface area (TPSA) is 101 Å². The van der Waals surface area contributed by atoms with Gasteiger partial charge < -0.3 is 5.32 Å². The van der Waals surface area contributed by atoms with Crippen LogP contribution in [-0.4, -0.2) is 9.78 Å². The maximum absolute atomic E-state index is 9.01. The minimum atomic E-state index is -0.245. The third-order valence-electron chi connectivity index (χ3n) is 2.98. The molecule has 1 aromatic carbocycles. The zero-order valence-electron chi connectivity index (χ0n) is 12.1. The fraction of sp³-hybridized carbons (Fsp3) is 0.125. The highest BCUT2D eigenvalue weighted by Gasteiger charge is 2.07. The number of rotatable bonds is 3. The normalized spacial score (nSPS) is 9.23. The zero-order chi connectivity index (χ0) is 16.1. The molecule has 0 saturated heterocycles. The number of nitrogens with one attached hydrogen (secondary N) is 1. The molecule has 0 fully saturated rings. The molecule has 106 valence electrons. The molecule has 0 radical (unpaired) electrons. The van der Waals surface area contributed by atoms with Crippen molar-refractivity contribution >= 4 is 5.69 Å². The SMILES string of the molecule is Cc1cc(C)n(-c2ccc(NC(C#N)=C(C#N)C#N)cc2)n1. The van der Waals surface area contributed by atoms with Crippen LogP contribution >= 0.6 is 0 Å². The van der Waals surface area contributed by atoms with E-state index in [0.29, 0.717) is 5.69 Å². The van der Waals surface area contributed by atoms with Crippen LogP contribution in [-0.2, 0) is 0 Å². The zero-order valence-corrected chi connectivity index (χ0v) is 12.1. The quantitative estimate of drug-likeness (QED) is 0.875. The maximum Gasteiger partial charge on any atom is 0.163 e. The van der Waals surface area contributed by atoms with Gasteiger partial charge in [-0.3, -0.25) is 0 Å². The second kappa shape index (κ2) is 6.26. The number of aryl methyl sites for hydroxylation is 2. The lowest BCUT2D eigenvalue weighted by atomic mass is 10.2. The average molecular weight is 288 g/mol. The Morgan fingerprint density at radius 2 is 1.68 bits per heavy atom. The van der Waals surface area contributed by atoms with Gasteiger partial charge in [0.2, 0.25) is 0 Å². The van der Waals surface area contributed by atoms with E-state index in [1.807, 2.05) is 42.8 Å². The summed E-state index contributed by atoms with van der Waals surface area (Å²) >= 11 is 0. The molecule has 1 N–H and O–H groups in total. The number of benzene rings is 1. The van der Waals surface area contributed by atoms with Gasteiger partial charge in [-0.2, -0.15) is 20.9 Å². The molecule has 0 bridgehead atoms. The second-order valence-corrected chi connectivity index (χ2v) is 4.60. The molecule has 0 aliphatic rings. The lowest BCUT2D eigenvalue weighted by Gasteiger charge is -2.07. The summed E-state index contributed by atoms with van der Waals surface area (Å²) in [4.78, 5) is 0. The van der Waals surface area contributed by atoms with E-state index in [-0.39, 0.29) is 11.3 Å². The predicted molar refractivity (Wildman–Crippen MR) is 80.5 cm³/mol. The number of nitriles is 3. The Morgan fingerprint density at radius 3 is 2.14 bits per heavy atom. The van der Waals surface area contributed by atoms with Crippen LogP contribution in [0.5, 0.6) is 0 Å². The first-order valence-corrected chi connectivity index (χ1v) is 6.44. The molecule has 0 amide bonds. The standard InChI is InChI=1S/C16H12N6/c1-11-7-12(2)22(21-11)15-5-3-14(4-6-15)20-16(10-19)13(8-17)9-18/h3-7,20H,1-2H3. The number of aromatic nitrogens is 2. The fourth-order valence-corrected chi connectivity index (χ4v) is 2.00. The molecule has 0 aliphatic carbocycles. The van der Waals surface area contributed by atoms with Gasteiger partial charge in [-0.25, -0.2) is 4.68 Å². The largest absolute Gasteiger partial charge is 0.345 e. The van der Waals surface area contributed by atoms with Crippen molar-refractivity contribution in [2.45, 2.75) is 13.8 Å².